The van der Waals surface area contributed by atoms with Gasteiger partial charge in [0.15, 0.2) is 0 Å². The maximum atomic E-state index is 11.9. The molecule has 0 saturated carbocycles. The highest BCUT2D eigenvalue weighted by Crippen LogP contribution is 2.13. The molecule has 1 fully saturated rings. The van der Waals surface area contributed by atoms with Crippen LogP contribution in [-0.2, 0) is 10.0 Å². The minimum Gasteiger partial charge on any atom is -0.386 e. The molecule has 0 bridgehead atoms. The quantitative estimate of drug-likeness (QED) is 0.661. The SMILES string of the molecule is N#Cc1ccc(S(=O)(=O)NCC2(O)CNC2)cc1. The normalized spacial score (nSPS) is 17.8. The van der Waals surface area contributed by atoms with E-state index in [1.54, 1.807) is 0 Å². The van der Waals surface area contributed by atoms with Gasteiger partial charge in [0.05, 0.1) is 16.5 Å². The van der Waals surface area contributed by atoms with Crippen LogP contribution in [0.5, 0.6) is 0 Å². The number of hydrogen-bond acceptors (Lipinski definition) is 5. The average Bonchev–Trinajstić information content (AvgIpc) is 2.34. The number of hydrogen-bond donors (Lipinski definition) is 3. The molecule has 1 saturated heterocycles. The fourth-order valence-corrected chi connectivity index (χ4v) is 2.68. The van der Waals surface area contributed by atoms with Crippen LogP contribution in [0.3, 0.4) is 0 Å². The molecule has 0 spiro atoms. The van der Waals surface area contributed by atoms with Crippen LogP contribution in [0.4, 0.5) is 0 Å². The number of sulfonamides is 1. The van der Waals surface area contributed by atoms with Crippen molar-refractivity contribution in [2.24, 2.45) is 0 Å². The highest BCUT2D eigenvalue weighted by Gasteiger charge is 2.35. The summed E-state index contributed by atoms with van der Waals surface area (Å²) in [5.74, 6) is 0. The Bertz CT molecular complexity index is 571. The van der Waals surface area contributed by atoms with Gasteiger partial charge in [-0.05, 0) is 24.3 Å². The van der Waals surface area contributed by atoms with E-state index in [0.717, 1.165) is 0 Å². The van der Waals surface area contributed by atoms with E-state index in [0.29, 0.717) is 18.7 Å². The Balaban J connectivity index is 2.08. The van der Waals surface area contributed by atoms with Crippen molar-refractivity contribution in [3.8, 4) is 6.07 Å². The van der Waals surface area contributed by atoms with Crippen molar-refractivity contribution in [2.75, 3.05) is 19.6 Å². The minimum absolute atomic E-state index is 0.0255. The molecule has 1 aliphatic heterocycles. The fourth-order valence-electron chi connectivity index (χ4n) is 1.56. The van der Waals surface area contributed by atoms with Crippen LogP contribution in [0.15, 0.2) is 29.2 Å². The standard InChI is InChI=1S/C11H13N3O3S/c12-5-9-1-3-10(4-2-9)18(16,17)14-8-11(15)6-13-7-11/h1-4,13-15H,6-8H2. The number of β-amino-alcohol motifs (C(OH)–C–C–N with tert-alkyl or cyclic N) is 1. The van der Waals surface area contributed by atoms with Crippen molar-refractivity contribution in [3.05, 3.63) is 29.8 Å². The van der Waals surface area contributed by atoms with E-state index < -0.39 is 15.6 Å². The molecule has 2 rings (SSSR count). The summed E-state index contributed by atoms with van der Waals surface area (Å²) in [5, 5.41) is 21.3. The van der Waals surface area contributed by atoms with Crippen LogP contribution in [0, 0.1) is 11.3 Å². The highest BCUT2D eigenvalue weighted by atomic mass is 32.2. The molecule has 0 aliphatic carbocycles. The highest BCUT2D eigenvalue weighted by molar-refractivity contribution is 7.89. The first kappa shape index (κ1) is 13.0. The fraction of sp³-hybridized carbons (Fsp3) is 0.364. The number of aliphatic hydroxyl groups is 1. The molecule has 0 radical (unpaired) electrons. The van der Waals surface area contributed by atoms with E-state index in [1.165, 1.54) is 24.3 Å². The number of nitriles is 1. The molecular weight excluding hydrogens is 254 g/mol. The summed E-state index contributed by atoms with van der Waals surface area (Å²) in [4.78, 5) is 0.0809. The largest absolute Gasteiger partial charge is 0.386 e. The lowest BCUT2D eigenvalue weighted by atomic mass is 9.98. The molecule has 1 aliphatic rings. The third kappa shape index (κ3) is 2.68. The summed E-state index contributed by atoms with van der Waals surface area (Å²) in [6, 6.07) is 7.52. The van der Waals surface area contributed by atoms with Crippen molar-refractivity contribution in [1.82, 2.24) is 10.0 Å². The number of nitrogens with one attached hydrogen (secondary N) is 2. The molecule has 18 heavy (non-hydrogen) atoms. The molecule has 6 nitrogen and oxygen atoms in total. The summed E-state index contributed by atoms with van der Waals surface area (Å²) in [5.41, 5.74) is -0.601. The molecule has 0 atom stereocenters. The summed E-state index contributed by atoms with van der Waals surface area (Å²) in [6.45, 7) is 0.730. The minimum atomic E-state index is -3.64. The van der Waals surface area contributed by atoms with Gasteiger partial charge in [0.25, 0.3) is 0 Å². The first-order valence-corrected chi connectivity index (χ1v) is 6.86. The van der Waals surface area contributed by atoms with E-state index in [2.05, 4.69) is 10.0 Å². The Labute approximate surface area is 105 Å². The van der Waals surface area contributed by atoms with E-state index in [4.69, 9.17) is 5.26 Å². The van der Waals surface area contributed by atoms with E-state index in [9.17, 15) is 13.5 Å². The molecule has 0 amide bonds. The number of benzene rings is 1. The first-order valence-electron chi connectivity index (χ1n) is 5.38. The summed E-state index contributed by atoms with van der Waals surface area (Å²) >= 11 is 0. The second kappa shape index (κ2) is 4.66. The number of rotatable bonds is 4. The zero-order valence-electron chi connectivity index (χ0n) is 9.55. The van der Waals surface area contributed by atoms with Crippen LogP contribution in [-0.4, -0.2) is 38.8 Å². The third-order valence-electron chi connectivity index (χ3n) is 2.79. The van der Waals surface area contributed by atoms with Gasteiger partial charge in [0.2, 0.25) is 10.0 Å². The Hall–Kier alpha value is -1.46. The molecule has 96 valence electrons. The van der Waals surface area contributed by atoms with E-state index in [1.807, 2.05) is 6.07 Å². The zero-order valence-corrected chi connectivity index (χ0v) is 10.4. The van der Waals surface area contributed by atoms with Crippen LogP contribution in [0.2, 0.25) is 0 Å². The third-order valence-corrected chi connectivity index (χ3v) is 4.21. The summed E-state index contributed by atoms with van der Waals surface area (Å²) in [7, 11) is -3.64. The monoisotopic (exact) mass is 267 g/mol. The van der Waals surface area contributed by atoms with Crippen LogP contribution < -0.4 is 10.0 Å². The topological polar surface area (TPSA) is 102 Å². The molecule has 1 aromatic carbocycles. The van der Waals surface area contributed by atoms with Gasteiger partial charge in [-0.3, -0.25) is 0 Å². The second-order valence-corrected chi connectivity index (χ2v) is 6.06. The van der Waals surface area contributed by atoms with Gasteiger partial charge in [-0.2, -0.15) is 5.26 Å². The van der Waals surface area contributed by atoms with Crippen molar-refractivity contribution >= 4 is 10.0 Å². The van der Waals surface area contributed by atoms with Gasteiger partial charge in [0.1, 0.15) is 5.60 Å². The average molecular weight is 267 g/mol. The zero-order chi connectivity index (χ0) is 13.2. The Kier molecular flexibility index (Phi) is 3.36. The van der Waals surface area contributed by atoms with Gasteiger partial charge in [-0.1, -0.05) is 0 Å². The smallest absolute Gasteiger partial charge is 0.240 e. The van der Waals surface area contributed by atoms with Crippen molar-refractivity contribution in [2.45, 2.75) is 10.5 Å². The Morgan fingerprint density at radius 1 is 1.39 bits per heavy atom. The molecule has 0 unspecified atom stereocenters. The maximum Gasteiger partial charge on any atom is 0.240 e. The molecule has 3 N–H and O–H groups in total. The lowest BCUT2D eigenvalue weighted by Crippen LogP contribution is -2.64. The van der Waals surface area contributed by atoms with Gasteiger partial charge >= 0.3 is 0 Å². The van der Waals surface area contributed by atoms with E-state index in [-0.39, 0.29) is 11.4 Å². The van der Waals surface area contributed by atoms with Crippen LogP contribution in [0.1, 0.15) is 5.56 Å². The Morgan fingerprint density at radius 3 is 2.44 bits per heavy atom. The lowest BCUT2D eigenvalue weighted by molar-refractivity contribution is -0.00396. The predicted molar refractivity (Wildman–Crippen MR) is 64.2 cm³/mol. The lowest BCUT2D eigenvalue weighted by Gasteiger charge is -2.37. The van der Waals surface area contributed by atoms with Gasteiger partial charge in [-0.15, -0.1) is 0 Å². The molecule has 1 heterocycles. The van der Waals surface area contributed by atoms with Gasteiger partial charge in [0, 0.05) is 19.6 Å². The number of nitrogens with zero attached hydrogens (tertiary/aromatic N) is 1. The molecule has 7 heteroatoms. The molecule has 1 aromatic rings. The predicted octanol–water partition coefficient (Wildman–Crippen LogP) is -0.829. The van der Waals surface area contributed by atoms with E-state index >= 15 is 0 Å². The van der Waals surface area contributed by atoms with Crippen molar-refractivity contribution < 1.29 is 13.5 Å². The van der Waals surface area contributed by atoms with Gasteiger partial charge in [-0.25, -0.2) is 13.1 Å². The van der Waals surface area contributed by atoms with Crippen molar-refractivity contribution in [3.63, 3.8) is 0 Å². The van der Waals surface area contributed by atoms with Crippen LogP contribution in [0.25, 0.3) is 0 Å². The second-order valence-electron chi connectivity index (χ2n) is 4.29. The Morgan fingerprint density at radius 2 is 2.00 bits per heavy atom. The van der Waals surface area contributed by atoms with Crippen LogP contribution >= 0.6 is 0 Å². The summed E-state index contributed by atoms with van der Waals surface area (Å²) < 4.78 is 26.1. The molecular formula is C11H13N3O3S. The molecule has 0 aromatic heterocycles. The van der Waals surface area contributed by atoms with Gasteiger partial charge < -0.3 is 10.4 Å². The summed E-state index contributed by atoms with van der Waals surface area (Å²) in [6.07, 6.45) is 0. The maximum absolute atomic E-state index is 11.9. The van der Waals surface area contributed by atoms with Crippen molar-refractivity contribution in [1.29, 1.82) is 5.26 Å². The first-order chi connectivity index (χ1) is 8.45.